The van der Waals surface area contributed by atoms with E-state index in [2.05, 4.69) is 62.5 Å². The molecule has 1 atom stereocenters. The predicted molar refractivity (Wildman–Crippen MR) is 89.0 cm³/mol. The van der Waals surface area contributed by atoms with Crippen LogP contribution in [0, 0.1) is 13.8 Å². The van der Waals surface area contributed by atoms with E-state index in [4.69, 9.17) is 4.74 Å². The smallest absolute Gasteiger partial charge is 0.119 e. The van der Waals surface area contributed by atoms with E-state index in [1.54, 1.807) is 0 Å². The second-order valence-corrected chi connectivity index (χ2v) is 5.50. The fourth-order valence-electron chi connectivity index (χ4n) is 2.36. The number of likely N-dealkylation sites (N-methyl/N-ethyl adjacent to an activating group) is 1. The van der Waals surface area contributed by atoms with Crippen molar-refractivity contribution < 1.29 is 4.74 Å². The molecule has 1 unspecified atom stereocenters. The molecule has 2 nitrogen and oxygen atoms in total. The van der Waals surface area contributed by atoms with Crippen molar-refractivity contribution in [3.8, 4) is 5.75 Å². The van der Waals surface area contributed by atoms with Gasteiger partial charge in [-0.1, -0.05) is 37.3 Å². The first kappa shape index (κ1) is 15.6. The average molecular weight is 283 g/mol. The van der Waals surface area contributed by atoms with Crippen molar-refractivity contribution in [1.82, 2.24) is 5.32 Å². The van der Waals surface area contributed by atoms with E-state index in [-0.39, 0.29) is 6.04 Å². The zero-order chi connectivity index (χ0) is 15.2. The molecule has 112 valence electrons. The summed E-state index contributed by atoms with van der Waals surface area (Å²) in [6, 6.07) is 15.1. The molecule has 0 heterocycles. The first-order valence-corrected chi connectivity index (χ1v) is 7.60. The number of hydrogen-bond acceptors (Lipinski definition) is 2. The van der Waals surface area contributed by atoms with Gasteiger partial charge in [-0.05, 0) is 61.7 Å². The lowest BCUT2D eigenvalue weighted by Crippen LogP contribution is -2.23. The second kappa shape index (κ2) is 7.28. The summed E-state index contributed by atoms with van der Waals surface area (Å²) in [7, 11) is 1.98. The van der Waals surface area contributed by atoms with Gasteiger partial charge in [0.2, 0.25) is 0 Å². The maximum absolute atomic E-state index is 5.96. The maximum Gasteiger partial charge on any atom is 0.119 e. The van der Waals surface area contributed by atoms with Crippen LogP contribution in [-0.2, 0) is 6.42 Å². The molecule has 0 saturated carbocycles. The van der Waals surface area contributed by atoms with Crippen molar-refractivity contribution >= 4 is 0 Å². The third-order valence-corrected chi connectivity index (χ3v) is 4.01. The van der Waals surface area contributed by atoms with Gasteiger partial charge in [-0.2, -0.15) is 0 Å². The third kappa shape index (κ3) is 4.08. The van der Waals surface area contributed by atoms with E-state index >= 15 is 0 Å². The van der Waals surface area contributed by atoms with Gasteiger partial charge in [-0.15, -0.1) is 0 Å². The first-order chi connectivity index (χ1) is 10.1. The molecule has 0 aromatic heterocycles. The summed E-state index contributed by atoms with van der Waals surface area (Å²) >= 11 is 0. The maximum atomic E-state index is 5.96. The van der Waals surface area contributed by atoms with Crippen molar-refractivity contribution in [3.63, 3.8) is 0 Å². The van der Waals surface area contributed by atoms with Crippen LogP contribution >= 0.6 is 0 Å². The van der Waals surface area contributed by atoms with Crippen LogP contribution < -0.4 is 10.1 Å². The number of hydrogen-bond donors (Lipinski definition) is 1. The van der Waals surface area contributed by atoms with Gasteiger partial charge in [-0.25, -0.2) is 0 Å². The Kier molecular flexibility index (Phi) is 5.40. The fourth-order valence-corrected chi connectivity index (χ4v) is 2.36. The monoisotopic (exact) mass is 283 g/mol. The average Bonchev–Trinajstić information content (AvgIpc) is 2.51. The lowest BCUT2D eigenvalue weighted by atomic mass is 10.0. The van der Waals surface area contributed by atoms with E-state index in [0.717, 1.165) is 12.2 Å². The minimum absolute atomic E-state index is 0.203. The van der Waals surface area contributed by atoms with Gasteiger partial charge in [0.05, 0.1) is 6.04 Å². The minimum Gasteiger partial charge on any atom is -0.492 e. The standard InChI is InChI=1S/C19H25NO/c1-5-16-7-6-8-18(12-16)21-13-19(20-4)17-10-9-14(2)15(3)11-17/h6-12,19-20H,5,13H2,1-4H3. The zero-order valence-electron chi connectivity index (χ0n) is 13.4. The Labute approximate surface area is 128 Å². The molecule has 2 rings (SSSR count). The molecule has 0 amide bonds. The highest BCUT2D eigenvalue weighted by Crippen LogP contribution is 2.20. The van der Waals surface area contributed by atoms with Crippen LogP contribution in [0.1, 0.15) is 35.2 Å². The molecular weight excluding hydrogens is 258 g/mol. The van der Waals surface area contributed by atoms with Gasteiger partial charge < -0.3 is 10.1 Å². The van der Waals surface area contributed by atoms with Gasteiger partial charge in [0.15, 0.2) is 0 Å². The molecule has 2 heteroatoms. The van der Waals surface area contributed by atoms with Crippen LogP contribution in [0.2, 0.25) is 0 Å². The predicted octanol–water partition coefficient (Wildman–Crippen LogP) is 4.21. The lowest BCUT2D eigenvalue weighted by molar-refractivity contribution is 0.273. The van der Waals surface area contributed by atoms with Crippen LogP contribution in [0.15, 0.2) is 42.5 Å². The summed E-state index contributed by atoms with van der Waals surface area (Å²) < 4.78 is 5.96. The van der Waals surface area contributed by atoms with Gasteiger partial charge >= 0.3 is 0 Å². The molecule has 0 spiro atoms. The Morgan fingerprint density at radius 2 is 1.86 bits per heavy atom. The second-order valence-electron chi connectivity index (χ2n) is 5.50. The quantitative estimate of drug-likeness (QED) is 0.857. The molecule has 2 aromatic rings. The van der Waals surface area contributed by atoms with Gasteiger partial charge in [0.1, 0.15) is 12.4 Å². The van der Waals surface area contributed by atoms with Crippen molar-refractivity contribution in [3.05, 3.63) is 64.7 Å². The Morgan fingerprint density at radius 3 is 2.52 bits per heavy atom. The molecule has 0 bridgehead atoms. The van der Waals surface area contributed by atoms with Crippen molar-refractivity contribution in [1.29, 1.82) is 0 Å². The normalized spacial score (nSPS) is 12.2. The molecule has 0 radical (unpaired) electrons. The van der Waals surface area contributed by atoms with E-state index < -0.39 is 0 Å². The molecule has 1 N–H and O–H groups in total. The van der Waals surface area contributed by atoms with Crippen LogP contribution in [-0.4, -0.2) is 13.7 Å². The Morgan fingerprint density at radius 1 is 1.05 bits per heavy atom. The summed E-state index contributed by atoms with van der Waals surface area (Å²) in [5.41, 5.74) is 5.22. The number of nitrogens with one attached hydrogen (secondary N) is 1. The topological polar surface area (TPSA) is 21.3 Å². The number of aryl methyl sites for hydroxylation is 3. The van der Waals surface area contributed by atoms with Crippen LogP contribution in [0.25, 0.3) is 0 Å². The van der Waals surface area contributed by atoms with Crippen molar-refractivity contribution in [2.45, 2.75) is 33.2 Å². The van der Waals surface area contributed by atoms with Gasteiger partial charge in [0.25, 0.3) is 0 Å². The largest absolute Gasteiger partial charge is 0.492 e. The number of rotatable bonds is 6. The van der Waals surface area contributed by atoms with Crippen LogP contribution in [0.3, 0.4) is 0 Å². The van der Waals surface area contributed by atoms with Crippen LogP contribution in [0.4, 0.5) is 0 Å². The molecule has 0 fully saturated rings. The first-order valence-electron chi connectivity index (χ1n) is 7.60. The highest BCUT2D eigenvalue weighted by molar-refractivity contribution is 5.32. The summed E-state index contributed by atoms with van der Waals surface area (Å²) in [5.74, 6) is 0.943. The third-order valence-electron chi connectivity index (χ3n) is 4.01. The molecular formula is C19H25NO. The lowest BCUT2D eigenvalue weighted by Gasteiger charge is -2.19. The summed E-state index contributed by atoms with van der Waals surface area (Å²) in [5, 5.41) is 3.34. The Hall–Kier alpha value is -1.80. The molecule has 21 heavy (non-hydrogen) atoms. The molecule has 2 aromatic carbocycles. The van der Waals surface area contributed by atoms with E-state index in [1.165, 1.54) is 22.3 Å². The summed E-state index contributed by atoms with van der Waals surface area (Å²) in [6.07, 6.45) is 1.03. The van der Waals surface area contributed by atoms with E-state index in [1.807, 2.05) is 13.1 Å². The molecule has 0 aliphatic heterocycles. The minimum atomic E-state index is 0.203. The van der Waals surface area contributed by atoms with E-state index in [9.17, 15) is 0 Å². The van der Waals surface area contributed by atoms with Crippen molar-refractivity contribution in [2.75, 3.05) is 13.7 Å². The summed E-state index contributed by atoms with van der Waals surface area (Å²) in [4.78, 5) is 0. The highest BCUT2D eigenvalue weighted by Gasteiger charge is 2.11. The number of benzene rings is 2. The Bertz CT molecular complexity index is 592. The molecule has 0 saturated heterocycles. The van der Waals surface area contributed by atoms with Crippen LogP contribution in [0.5, 0.6) is 5.75 Å². The number of ether oxygens (including phenoxy) is 1. The van der Waals surface area contributed by atoms with E-state index in [0.29, 0.717) is 6.61 Å². The van der Waals surface area contributed by atoms with Crippen molar-refractivity contribution in [2.24, 2.45) is 0 Å². The SMILES string of the molecule is CCc1cccc(OCC(NC)c2ccc(C)c(C)c2)c1. The molecule has 0 aliphatic carbocycles. The van der Waals surface area contributed by atoms with Gasteiger partial charge in [0, 0.05) is 0 Å². The Balaban J connectivity index is 2.06. The zero-order valence-corrected chi connectivity index (χ0v) is 13.4. The summed E-state index contributed by atoms with van der Waals surface area (Å²) in [6.45, 7) is 7.08. The molecule has 0 aliphatic rings. The van der Waals surface area contributed by atoms with Gasteiger partial charge in [-0.3, -0.25) is 0 Å². The highest BCUT2D eigenvalue weighted by atomic mass is 16.5. The fraction of sp³-hybridized carbons (Fsp3) is 0.368.